The van der Waals surface area contributed by atoms with Gasteiger partial charge in [-0.25, -0.2) is 4.98 Å². The molecule has 4 heteroatoms. The highest BCUT2D eigenvalue weighted by atomic mass is 16.3. The van der Waals surface area contributed by atoms with Crippen LogP contribution in [0.4, 0.5) is 5.82 Å². The summed E-state index contributed by atoms with van der Waals surface area (Å²) in [6.45, 7) is 3.26. The van der Waals surface area contributed by atoms with E-state index in [1.165, 1.54) is 12.3 Å². The summed E-state index contributed by atoms with van der Waals surface area (Å²) in [7, 11) is 0. The molecule has 2 N–H and O–H groups in total. The van der Waals surface area contributed by atoms with E-state index in [2.05, 4.69) is 16.9 Å². The summed E-state index contributed by atoms with van der Waals surface area (Å²) in [5.74, 6) is 0.145. The number of carbonyl (C=O) groups is 1. The van der Waals surface area contributed by atoms with Crippen molar-refractivity contribution in [1.82, 2.24) is 4.98 Å². The Morgan fingerprint density at radius 3 is 2.92 bits per heavy atom. The number of hydrogen-bond acceptors (Lipinski definition) is 3. The number of nitrogens with zero attached hydrogens (tertiary/aromatic N) is 1. The number of anilines is 1. The lowest BCUT2D eigenvalue weighted by molar-refractivity contribution is -0.111. The van der Waals surface area contributed by atoms with Crippen LogP contribution in [0.2, 0.25) is 0 Å². The molecular formula is C9H10N2O2. The van der Waals surface area contributed by atoms with Gasteiger partial charge < -0.3 is 10.4 Å². The molecule has 0 aliphatic carbocycles. The molecule has 0 atom stereocenters. The van der Waals surface area contributed by atoms with Gasteiger partial charge in [0.15, 0.2) is 0 Å². The van der Waals surface area contributed by atoms with Crippen molar-refractivity contribution in [2.24, 2.45) is 0 Å². The monoisotopic (exact) mass is 178 g/mol. The minimum absolute atomic E-state index is 0.0529. The molecule has 0 aliphatic heterocycles. The topological polar surface area (TPSA) is 62.2 Å². The fourth-order valence-electron chi connectivity index (χ4n) is 0.769. The quantitative estimate of drug-likeness (QED) is 0.669. The Balaban J connectivity index is 2.69. The zero-order valence-electron chi connectivity index (χ0n) is 7.03. The van der Waals surface area contributed by atoms with Gasteiger partial charge in [-0.1, -0.05) is 12.6 Å². The summed E-state index contributed by atoms with van der Waals surface area (Å²) in [4.78, 5) is 14.7. The molecule has 0 spiro atoms. The molecule has 1 aromatic rings. The molecule has 1 amide bonds. The summed E-state index contributed by atoms with van der Waals surface area (Å²) >= 11 is 0. The maximum Gasteiger partial charge on any atom is 0.248 e. The van der Waals surface area contributed by atoms with E-state index in [1.54, 1.807) is 12.1 Å². The smallest absolute Gasteiger partial charge is 0.248 e. The predicted octanol–water partition coefficient (Wildman–Crippen LogP) is 0.698. The second-order valence-electron chi connectivity index (χ2n) is 2.40. The first-order valence-electron chi connectivity index (χ1n) is 3.75. The summed E-state index contributed by atoms with van der Waals surface area (Å²) < 4.78 is 0. The van der Waals surface area contributed by atoms with Gasteiger partial charge in [0.05, 0.1) is 6.61 Å². The molecule has 13 heavy (non-hydrogen) atoms. The molecule has 0 saturated heterocycles. The van der Waals surface area contributed by atoms with Crippen LogP contribution in [0.3, 0.4) is 0 Å². The molecule has 1 rings (SSSR count). The van der Waals surface area contributed by atoms with Crippen LogP contribution in [0, 0.1) is 0 Å². The fraction of sp³-hybridized carbons (Fsp3) is 0.111. The molecular weight excluding hydrogens is 168 g/mol. The number of carbonyl (C=O) groups excluding carboxylic acids is 1. The second-order valence-corrected chi connectivity index (χ2v) is 2.40. The van der Waals surface area contributed by atoms with Crippen molar-refractivity contribution in [1.29, 1.82) is 0 Å². The first kappa shape index (κ1) is 9.41. The predicted molar refractivity (Wildman–Crippen MR) is 49.0 cm³/mol. The van der Waals surface area contributed by atoms with Gasteiger partial charge in [0.2, 0.25) is 5.91 Å². The highest BCUT2D eigenvalue weighted by Gasteiger charge is 1.97. The van der Waals surface area contributed by atoms with Crippen molar-refractivity contribution >= 4 is 11.7 Å². The number of nitrogens with one attached hydrogen (secondary N) is 1. The average Bonchev–Trinajstić information content (AvgIpc) is 2.19. The first-order valence-corrected chi connectivity index (χ1v) is 3.75. The van der Waals surface area contributed by atoms with E-state index in [1.807, 2.05) is 0 Å². The van der Waals surface area contributed by atoms with Crippen LogP contribution in [0.5, 0.6) is 0 Å². The van der Waals surface area contributed by atoms with E-state index in [4.69, 9.17) is 5.11 Å². The Morgan fingerprint density at radius 2 is 2.46 bits per heavy atom. The van der Waals surface area contributed by atoms with Gasteiger partial charge in [0, 0.05) is 6.20 Å². The lowest BCUT2D eigenvalue weighted by Crippen LogP contribution is -2.08. The van der Waals surface area contributed by atoms with E-state index in [-0.39, 0.29) is 12.5 Å². The zero-order chi connectivity index (χ0) is 9.68. The van der Waals surface area contributed by atoms with E-state index in [0.717, 1.165) is 0 Å². The van der Waals surface area contributed by atoms with E-state index in [0.29, 0.717) is 11.4 Å². The molecule has 0 bridgehead atoms. The van der Waals surface area contributed by atoms with Gasteiger partial charge in [-0.2, -0.15) is 0 Å². The van der Waals surface area contributed by atoms with E-state index < -0.39 is 0 Å². The maximum atomic E-state index is 10.8. The summed E-state index contributed by atoms with van der Waals surface area (Å²) in [5, 5.41) is 11.2. The second kappa shape index (κ2) is 4.37. The number of amides is 1. The molecule has 4 nitrogen and oxygen atoms in total. The van der Waals surface area contributed by atoms with Crippen LogP contribution in [0.15, 0.2) is 31.0 Å². The molecule has 0 aliphatic rings. The number of aliphatic hydroxyl groups excluding tert-OH is 1. The van der Waals surface area contributed by atoms with Crippen LogP contribution in [-0.2, 0) is 11.4 Å². The molecule has 0 radical (unpaired) electrons. The van der Waals surface area contributed by atoms with Crippen molar-refractivity contribution < 1.29 is 9.90 Å². The summed E-state index contributed by atoms with van der Waals surface area (Å²) in [5.41, 5.74) is 0.705. The minimum Gasteiger partial charge on any atom is -0.392 e. The van der Waals surface area contributed by atoms with Gasteiger partial charge >= 0.3 is 0 Å². The lowest BCUT2D eigenvalue weighted by Gasteiger charge is -2.00. The lowest BCUT2D eigenvalue weighted by atomic mass is 10.3. The largest absolute Gasteiger partial charge is 0.392 e. The van der Waals surface area contributed by atoms with Crippen LogP contribution in [0.25, 0.3) is 0 Å². The van der Waals surface area contributed by atoms with E-state index in [9.17, 15) is 4.79 Å². The number of aliphatic hydroxyl groups is 1. The molecule has 0 fully saturated rings. The third-order valence-electron chi connectivity index (χ3n) is 1.44. The van der Waals surface area contributed by atoms with Crippen molar-refractivity contribution in [3.8, 4) is 0 Å². The Bertz CT molecular complexity index is 306. The Kier molecular flexibility index (Phi) is 3.16. The van der Waals surface area contributed by atoms with Crippen molar-refractivity contribution in [2.45, 2.75) is 6.61 Å². The Hall–Kier alpha value is -1.68. The molecule has 1 heterocycles. The van der Waals surface area contributed by atoms with Crippen LogP contribution < -0.4 is 5.32 Å². The number of aromatic nitrogens is 1. The third kappa shape index (κ3) is 2.68. The Labute approximate surface area is 75.9 Å². The average molecular weight is 178 g/mol. The number of rotatable bonds is 3. The van der Waals surface area contributed by atoms with Crippen LogP contribution in [0.1, 0.15) is 5.56 Å². The van der Waals surface area contributed by atoms with Crippen molar-refractivity contribution in [2.75, 3.05) is 5.32 Å². The number of hydrogen-bond donors (Lipinski definition) is 2. The van der Waals surface area contributed by atoms with Crippen molar-refractivity contribution in [3.63, 3.8) is 0 Å². The number of pyridine rings is 1. The zero-order valence-corrected chi connectivity index (χ0v) is 7.03. The van der Waals surface area contributed by atoms with Gasteiger partial charge in [0.1, 0.15) is 5.82 Å². The van der Waals surface area contributed by atoms with E-state index >= 15 is 0 Å². The molecule has 68 valence electrons. The molecule has 0 aromatic carbocycles. The highest BCUT2D eigenvalue weighted by molar-refractivity contribution is 5.98. The maximum absolute atomic E-state index is 10.8. The fourth-order valence-corrected chi connectivity index (χ4v) is 0.769. The first-order chi connectivity index (χ1) is 6.26. The molecule has 0 unspecified atom stereocenters. The normalized spacial score (nSPS) is 9.31. The summed E-state index contributed by atoms with van der Waals surface area (Å²) in [6.07, 6.45) is 2.67. The van der Waals surface area contributed by atoms with Gasteiger partial charge in [0.25, 0.3) is 0 Å². The molecule has 1 aromatic heterocycles. The minimum atomic E-state index is -0.302. The van der Waals surface area contributed by atoms with Crippen LogP contribution >= 0.6 is 0 Å². The third-order valence-corrected chi connectivity index (χ3v) is 1.44. The molecule has 0 saturated carbocycles. The van der Waals surface area contributed by atoms with Gasteiger partial charge in [-0.15, -0.1) is 0 Å². The van der Waals surface area contributed by atoms with Gasteiger partial charge in [-0.05, 0) is 17.7 Å². The summed E-state index contributed by atoms with van der Waals surface area (Å²) in [6, 6.07) is 3.30. The highest BCUT2D eigenvalue weighted by Crippen LogP contribution is 2.04. The SMILES string of the molecule is C=CC(=O)Nc1ccc(CO)cn1. The van der Waals surface area contributed by atoms with Crippen LogP contribution in [-0.4, -0.2) is 16.0 Å². The standard InChI is InChI=1S/C9H10N2O2/c1-2-9(13)11-8-4-3-7(6-12)5-10-8/h2-5,12H,1,6H2,(H,10,11,13). The van der Waals surface area contributed by atoms with Gasteiger partial charge in [-0.3, -0.25) is 4.79 Å². The Morgan fingerprint density at radius 1 is 1.69 bits per heavy atom. The van der Waals surface area contributed by atoms with Crippen molar-refractivity contribution in [3.05, 3.63) is 36.5 Å².